The van der Waals surface area contributed by atoms with Gasteiger partial charge in [0.1, 0.15) is 0 Å². The molecule has 0 aliphatic rings. The Balaban J connectivity index is 2.12. The van der Waals surface area contributed by atoms with E-state index in [4.69, 9.17) is 11.0 Å². The van der Waals surface area contributed by atoms with Crippen LogP contribution < -0.4 is 5.73 Å². The highest BCUT2D eigenvalue weighted by Gasteiger charge is 2.03. The highest BCUT2D eigenvalue weighted by Crippen LogP contribution is 2.17. The van der Waals surface area contributed by atoms with E-state index in [0.717, 1.165) is 29.1 Å². The van der Waals surface area contributed by atoms with Crippen LogP contribution in [0, 0.1) is 11.3 Å². The zero-order valence-corrected chi connectivity index (χ0v) is 9.50. The van der Waals surface area contributed by atoms with Crippen molar-refractivity contribution < 1.29 is 0 Å². The fourth-order valence-electron chi connectivity index (χ4n) is 1.51. The summed E-state index contributed by atoms with van der Waals surface area (Å²) in [5.41, 5.74) is 8.28. The van der Waals surface area contributed by atoms with Crippen molar-refractivity contribution in [3.63, 3.8) is 0 Å². The lowest BCUT2D eigenvalue weighted by molar-refractivity contribution is 0.946. The Morgan fingerprint density at radius 3 is 2.94 bits per heavy atom. The van der Waals surface area contributed by atoms with Gasteiger partial charge in [0, 0.05) is 23.7 Å². The highest BCUT2D eigenvalue weighted by atomic mass is 32.1. The van der Waals surface area contributed by atoms with Gasteiger partial charge in [0.25, 0.3) is 0 Å². The van der Waals surface area contributed by atoms with Crippen LogP contribution in [0.4, 0.5) is 5.69 Å². The molecule has 0 atom stereocenters. The molecule has 0 aliphatic heterocycles. The molecule has 0 aliphatic carbocycles. The van der Waals surface area contributed by atoms with Gasteiger partial charge in [-0.2, -0.15) is 5.26 Å². The molecule has 3 nitrogen and oxygen atoms in total. The van der Waals surface area contributed by atoms with E-state index in [0.29, 0.717) is 5.56 Å². The lowest BCUT2D eigenvalue weighted by atomic mass is 10.0. The SMILES string of the molecule is N#Cc1ccc(N)c(CCc2nccs2)c1. The number of aromatic nitrogens is 1. The quantitative estimate of drug-likeness (QED) is 0.822. The maximum Gasteiger partial charge on any atom is 0.0991 e. The topological polar surface area (TPSA) is 62.7 Å². The van der Waals surface area contributed by atoms with Crippen molar-refractivity contribution in [3.8, 4) is 6.07 Å². The Labute approximate surface area is 98.2 Å². The predicted octanol–water partition coefficient (Wildman–Crippen LogP) is 2.38. The fraction of sp³-hybridized carbons (Fsp3) is 0.167. The summed E-state index contributed by atoms with van der Waals surface area (Å²) in [4.78, 5) is 4.22. The van der Waals surface area contributed by atoms with E-state index in [2.05, 4.69) is 11.1 Å². The summed E-state index contributed by atoms with van der Waals surface area (Å²) in [6.07, 6.45) is 3.50. The zero-order valence-electron chi connectivity index (χ0n) is 8.68. The number of nitriles is 1. The van der Waals surface area contributed by atoms with Crippen LogP contribution >= 0.6 is 11.3 Å². The molecule has 80 valence electrons. The summed E-state index contributed by atoms with van der Waals surface area (Å²) in [5, 5.41) is 11.9. The molecule has 16 heavy (non-hydrogen) atoms. The third-order valence-electron chi connectivity index (χ3n) is 2.36. The zero-order chi connectivity index (χ0) is 11.4. The van der Waals surface area contributed by atoms with E-state index in [1.54, 1.807) is 29.7 Å². The van der Waals surface area contributed by atoms with Gasteiger partial charge in [0.05, 0.1) is 16.6 Å². The van der Waals surface area contributed by atoms with E-state index in [1.165, 1.54) is 0 Å². The van der Waals surface area contributed by atoms with E-state index in [9.17, 15) is 0 Å². The van der Waals surface area contributed by atoms with Crippen molar-refractivity contribution >= 4 is 17.0 Å². The highest BCUT2D eigenvalue weighted by molar-refractivity contribution is 7.09. The van der Waals surface area contributed by atoms with Crippen molar-refractivity contribution in [3.05, 3.63) is 45.9 Å². The first-order valence-electron chi connectivity index (χ1n) is 4.96. The largest absolute Gasteiger partial charge is 0.399 e. The third kappa shape index (κ3) is 2.38. The van der Waals surface area contributed by atoms with Crippen LogP contribution in [0.2, 0.25) is 0 Å². The average Bonchev–Trinajstić information content (AvgIpc) is 2.81. The van der Waals surface area contributed by atoms with Crippen molar-refractivity contribution in [2.75, 3.05) is 5.73 Å². The predicted molar refractivity (Wildman–Crippen MR) is 65.1 cm³/mol. The van der Waals surface area contributed by atoms with Gasteiger partial charge in [0.2, 0.25) is 0 Å². The molecule has 0 bridgehead atoms. The number of hydrogen-bond acceptors (Lipinski definition) is 4. The molecule has 1 heterocycles. The van der Waals surface area contributed by atoms with E-state index >= 15 is 0 Å². The number of benzene rings is 1. The van der Waals surface area contributed by atoms with Crippen LogP contribution in [0.15, 0.2) is 29.8 Å². The monoisotopic (exact) mass is 229 g/mol. The summed E-state index contributed by atoms with van der Waals surface area (Å²) in [5.74, 6) is 0. The summed E-state index contributed by atoms with van der Waals surface area (Å²) in [6.45, 7) is 0. The van der Waals surface area contributed by atoms with Crippen molar-refractivity contribution in [2.24, 2.45) is 0 Å². The second-order valence-corrected chi connectivity index (χ2v) is 4.43. The van der Waals surface area contributed by atoms with Gasteiger partial charge in [-0.1, -0.05) is 0 Å². The summed E-state index contributed by atoms with van der Waals surface area (Å²) < 4.78 is 0. The van der Waals surface area contributed by atoms with Crippen LogP contribution in [0.3, 0.4) is 0 Å². The number of anilines is 1. The van der Waals surface area contributed by atoms with Gasteiger partial charge in [0.15, 0.2) is 0 Å². The average molecular weight is 229 g/mol. The van der Waals surface area contributed by atoms with Gasteiger partial charge in [-0.15, -0.1) is 11.3 Å². The molecule has 2 rings (SSSR count). The number of nitrogen functional groups attached to an aromatic ring is 1. The lowest BCUT2D eigenvalue weighted by Gasteiger charge is -2.04. The number of thiazole rings is 1. The lowest BCUT2D eigenvalue weighted by Crippen LogP contribution is -1.97. The maximum atomic E-state index is 8.80. The number of hydrogen-bond donors (Lipinski definition) is 1. The number of nitrogens with two attached hydrogens (primary N) is 1. The number of nitrogens with zero attached hydrogens (tertiary/aromatic N) is 2. The minimum atomic E-state index is 0.656. The fourth-order valence-corrected chi connectivity index (χ4v) is 2.13. The molecule has 0 amide bonds. The molecule has 1 aromatic heterocycles. The summed E-state index contributed by atoms with van der Waals surface area (Å²) >= 11 is 1.64. The molecular formula is C12H11N3S. The molecule has 2 N–H and O–H groups in total. The molecule has 2 aromatic rings. The van der Waals surface area contributed by atoms with Gasteiger partial charge in [-0.05, 0) is 30.2 Å². The van der Waals surface area contributed by atoms with Gasteiger partial charge < -0.3 is 5.73 Å². The van der Waals surface area contributed by atoms with Crippen LogP contribution in [-0.4, -0.2) is 4.98 Å². The first-order chi connectivity index (χ1) is 7.79. The van der Waals surface area contributed by atoms with Crippen LogP contribution in [0.25, 0.3) is 0 Å². The molecule has 4 heteroatoms. The van der Waals surface area contributed by atoms with E-state index in [1.807, 2.05) is 11.4 Å². The second kappa shape index (κ2) is 4.77. The summed E-state index contributed by atoms with van der Waals surface area (Å²) in [7, 11) is 0. The Hall–Kier alpha value is -1.86. The molecule has 1 aromatic carbocycles. The van der Waals surface area contributed by atoms with Gasteiger partial charge in [-0.25, -0.2) is 4.98 Å². The van der Waals surface area contributed by atoms with Gasteiger partial charge >= 0.3 is 0 Å². The molecule has 0 saturated heterocycles. The Morgan fingerprint density at radius 2 is 2.25 bits per heavy atom. The molecule has 0 unspecified atom stereocenters. The molecule has 0 spiro atoms. The minimum absolute atomic E-state index is 0.656. The van der Waals surface area contributed by atoms with Gasteiger partial charge in [-0.3, -0.25) is 0 Å². The normalized spacial score (nSPS) is 9.94. The Bertz CT molecular complexity index is 512. The Kier molecular flexibility index (Phi) is 3.18. The Morgan fingerprint density at radius 1 is 1.38 bits per heavy atom. The van der Waals surface area contributed by atoms with Crippen molar-refractivity contribution in [2.45, 2.75) is 12.8 Å². The third-order valence-corrected chi connectivity index (χ3v) is 3.20. The van der Waals surface area contributed by atoms with Crippen LogP contribution in [0.1, 0.15) is 16.1 Å². The first-order valence-corrected chi connectivity index (χ1v) is 5.84. The maximum absolute atomic E-state index is 8.80. The van der Waals surface area contributed by atoms with Crippen molar-refractivity contribution in [1.82, 2.24) is 4.98 Å². The number of aryl methyl sites for hydroxylation is 2. The van der Waals surface area contributed by atoms with E-state index < -0.39 is 0 Å². The number of rotatable bonds is 3. The first kappa shape index (κ1) is 10.7. The molecule has 0 radical (unpaired) electrons. The van der Waals surface area contributed by atoms with Crippen LogP contribution in [0.5, 0.6) is 0 Å². The standard InChI is InChI=1S/C12H11N3S/c13-8-9-1-3-11(14)10(7-9)2-4-12-15-5-6-16-12/h1,3,5-7H,2,4,14H2. The smallest absolute Gasteiger partial charge is 0.0991 e. The van der Waals surface area contributed by atoms with Crippen LogP contribution in [-0.2, 0) is 12.8 Å². The summed E-state index contributed by atoms with van der Waals surface area (Å²) in [6, 6.07) is 7.50. The van der Waals surface area contributed by atoms with E-state index in [-0.39, 0.29) is 0 Å². The second-order valence-electron chi connectivity index (χ2n) is 3.45. The molecule has 0 fully saturated rings. The minimum Gasteiger partial charge on any atom is -0.399 e. The van der Waals surface area contributed by atoms with Crippen molar-refractivity contribution in [1.29, 1.82) is 5.26 Å². The molecular weight excluding hydrogens is 218 g/mol. The molecule has 0 saturated carbocycles.